The zero-order valence-electron chi connectivity index (χ0n) is 47.0. The molecule has 1 fully saturated rings. The Labute approximate surface area is 448 Å². The molecule has 0 amide bonds. The minimum absolute atomic E-state index is 0.0402. The summed E-state index contributed by atoms with van der Waals surface area (Å²) in [5.74, 6) is -0.392. The lowest BCUT2D eigenvalue weighted by Crippen LogP contribution is -2.60. The van der Waals surface area contributed by atoms with Gasteiger partial charge in [0.05, 0.1) is 19.8 Å². The third-order valence-corrected chi connectivity index (χ3v) is 14.8. The van der Waals surface area contributed by atoms with E-state index in [9.17, 15) is 33.1 Å². The summed E-state index contributed by atoms with van der Waals surface area (Å²) in [6, 6.07) is 0. The predicted molar refractivity (Wildman–Crippen MR) is 299 cm³/mol. The van der Waals surface area contributed by atoms with Crippen molar-refractivity contribution in [1.82, 2.24) is 0 Å². The molecule has 0 aromatic carbocycles. The molecule has 1 heterocycles. The summed E-state index contributed by atoms with van der Waals surface area (Å²) in [5, 5.41) is 30.9. The third-order valence-electron chi connectivity index (χ3n) is 14.3. The van der Waals surface area contributed by atoms with E-state index in [-0.39, 0.29) is 19.6 Å². The first kappa shape index (κ1) is 69.6. The fraction of sp³-hybridized carbons (Fsp3) is 0.917. The second kappa shape index (κ2) is 51.3. The van der Waals surface area contributed by atoms with Gasteiger partial charge in [0.25, 0.3) is 0 Å². The molecule has 0 saturated carbocycles. The quantitative estimate of drug-likeness (QED) is 0.0196. The lowest BCUT2D eigenvalue weighted by molar-refractivity contribution is -0.301. The number of aliphatic hydroxyl groups is 3. The molecule has 12 nitrogen and oxygen atoms in total. The lowest BCUT2D eigenvalue weighted by atomic mass is 9.99. The van der Waals surface area contributed by atoms with Gasteiger partial charge >= 0.3 is 16.4 Å². The first-order valence-corrected chi connectivity index (χ1v) is 32.0. The molecule has 0 aromatic heterocycles. The van der Waals surface area contributed by atoms with Crippen LogP contribution in [0.3, 0.4) is 0 Å². The van der Waals surface area contributed by atoms with Crippen molar-refractivity contribution in [3.63, 3.8) is 0 Å². The van der Waals surface area contributed by atoms with Crippen molar-refractivity contribution in [2.75, 3.05) is 26.4 Å². The van der Waals surface area contributed by atoms with Gasteiger partial charge in [0.15, 0.2) is 6.29 Å². The molecule has 6 atom stereocenters. The molecule has 0 bridgehead atoms. The molecule has 73 heavy (non-hydrogen) atoms. The van der Waals surface area contributed by atoms with Gasteiger partial charge in [-0.2, -0.15) is 8.42 Å². The van der Waals surface area contributed by atoms with E-state index in [1.165, 1.54) is 218 Å². The molecule has 0 radical (unpaired) electrons. The number of aliphatic hydroxyl groups excluding tert-OH is 3. The summed E-state index contributed by atoms with van der Waals surface area (Å²) >= 11 is 0. The number of rotatable bonds is 55. The van der Waals surface area contributed by atoms with Gasteiger partial charge in [-0.15, -0.1) is 0 Å². The summed E-state index contributed by atoms with van der Waals surface area (Å²) in [6.07, 6.45) is 53.6. The molecule has 6 unspecified atom stereocenters. The van der Waals surface area contributed by atoms with Gasteiger partial charge in [-0.3, -0.25) is 9.35 Å². The van der Waals surface area contributed by atoms with E-state index in [1.807, 2.05) is 0 Å². The smallest absolute Gasteiger partial charge is 0.397 e. The van der Waals surface area contributed by atoms with Crippen molar-refractivity contribution in [2.45, 2.75) is 327 Å². The van der Waals surface area contributed by atoms with Crippen molar-refractivity contribution >= 4 is 16.4 Å². The Bertz CT molecular complexity index is 1360. The van der Waals surface area contributed by atoms with Crippen LogP contribution in [-0.2, 0) is 38.3 Å². The van der Waals surface area contributed by atoms with Crippen LogP contribution in [-0.4, -0.2) is 97.5 Å². The van der Waals surface area contributed by atoms with Gasteiger partial charge in [0, 0.05) is 13.0 Å². The molecule has 13 heteroatoms. The second-order valence-electron chi connectivity index (χ2n) is 21.3. The number of esters is 1. The molecular weight excluding hydrogens is 945 g/mol. The van der Waals surface area contributed by atoms with E-state index < -0.39 is 59.8 Å². The van der Waals surface area contributed by atoms with Gasteiger partial charge in [-0.25, -0.2) is 4.18 Å². The summed E-state index contributed by atoms with van der Waals surface area (Å²) < 4.78 is 59.5. The highest BCUT2D eigenvalue weighted by Crippen LogP contribution is 2.26. The van der Waals surface area contributed by atoms with Gasteiger partial charge in [-0.1, -0.05) is 263 Å². The van der Waals surface area contributed by atoms with Crippen molar-refractivity contribution in [2.24, 2.45) is 0 Å². The van der Waals surface area contributed by atoms with Crippen LogP contribution >= 0.6 is 0 Å². The average Bonchev–Trinajstić information content (AvgIpc) is 3.37. The first-order valence-electron chi connectivity index (χ1n) is 30.6. The first-order chi connectivity index (χ1) is 35.6. The summed E-state index contributed by atoms with van der Waals surface area (Å²) in [7, 11) is -5.07. The van der Waals surface area contributed by atoms with E-state index in [1.54, 1.807) is 0 Å². The molecule has 1 aliphatic heterocycles. The molecular formula is C60H114O12S. The second-order valence-corrected chi connectivity index (χ2v) is 22.4. The lowest BCUT2D eigenvalue weighted by Gasteiger charge is -2.41. The molecule has 0 spiro atoms. The van der Waals surface area contributed by atoms with Crippen molar-refractivity contribution in [3.8, 4) is 0 Å². The number of carbonyl (C=O) groups is 1. The van der Waals surface area contributed by atoms with Crippen LogP contribution in [0.15, 0.2) is 24.3 Å². The van der Waals surface area contributed by atoms with E-state index in [0.717, 1.165) is 44.9 Å². The molecule has 1 aliphatic rings. The SMILES string of the molecule is CCCCCCC/C=C\C/C=C\CCCCCCCCCCCCCCOCC(COC1OC(CO)C(O)C(OS(=O)(=O)O)C1O)OC(=O)CCCCCCCCCCCCCCCCCCCCCCCC. The largest absolute Gasteiger partial charge is 0.457 e. The molecule has 1 saturated heterocycles. The van der Waals surface area contributed by atoms with Crippen LogP contribution in [0.4, 0.5) is 0 Å². The Hall–Kier alpha value is -1.42. The normalized spacial score (nSPS) is 18.9. The maximum Gasteiger partial charge on any atom is 0.397 e. The highest BCUT2D eigenvalue weighted by Gasteiger charge is 2.48. The van der Waals surface area contributed by atoms with E-state index in [2.05, 4.69) is 42.3 Å². The number of carbonyl (C=O) groups excluding carboxylic acids is 1. The van der Waals surface area contributed by atoms with Gasteiger partial charge in [-0.05, 0) is 44.9 Å². The van der Waals surface area contributed by atoms with E-state index in [4.69, 9.17) is 18.9 Å². The summed E-state index contributed by atoms with van der Waals surface area (Å²) in [4.78, 5) is 13.0. The molecule has 432 valence electrons. The Morgan fingerprint density at radius 3 is 1.30 bits per heavy atom. The maximum absolute atomic E-state index is 13.0. The zero-order valence-corrected chi connectivity index (χ0v) is 47.8. The molecule has 0 aromatic rings. The monoisotopic (exact) mass is 1060 g/mol. The van der Waals surface area contributed by atoms with Crippen molar-refractivity contribution in [3.05, 3.63) is 24.3 Å². The van der Waals surface area contributed by atoms with Crippen molar-refractivity contribution < 1.29 is 56.2 Å². The number of hydrogen-bond donors (Lipinski definition) is 4. The number of hydrogen-bond acceptors (Lipinski definition) is 11. The van der Waals surface area contributed by atoms with E-state index in [0.29, 0.717) is 13.0 Å². The Morgan fingerprint density at radius 2 is 0.904 bits per heavy atom. The Kier molecular flexibility index (Phi) is 48.9. The third kappa shape index (κ3) is 44.3. The Morgan fingerprint density at radius 1 is 0.521 bits per heavy atom. The topological polar surface area (TPSA) is 178 Å². The van der Waals surface area contributed by atoms with Crippen LogP contribution in [0.2, 0.25) is 0 Å². The summed E-state index contributed by atoms with van der Waals surface area (Å²) in [5.41, 5.74) is 0. The minimum atomic E-state index is -5.07. The highest BCUT2D eigenvalue weighted by molar-refractivity contribution is 7.80. The predicted octanol–water partition coefficient (Wildman–Crippen LogP) is 15.5. The van der Waals surface area contributed by atoms with Crippen LogP contribution < -0.4 is 0 Å². The Balaban J connectivity index is 2.26. The fourth-order valence-corrected chi connectivity index (χ4v) is 10.2. The van der Waals surface area contributed by atoms with Gasteiger partial charge in [0.1, 0.15) is 30.5 Å². The zero-order chi connectivity index (χ0) is 53.1. The average molecular weight is 1060 g/mol. The summed E-state index contributed by atoms with van der Waals surface area (Å²) in [6.45, 7) is 4.05. The van der Waals surface area contributed by atoms with Crippen LogP contribution in [0.1, 0.15) is 290 Å². The molecule has 0 aliphatic carbocycles. The van der Waals surface area contributed by atoms with Crippen LogP contribution in [0.25, 0.3) is 0 Å². The van der Waals surface area contributed by atoms with E-state index >= 15 is 0 Å². The number of ether oxygens (including phenoxy) is 4. The number of allylic oxidation sites excluding steroid dienone is 4. The minimum Gasteiger partial charge on any atom is -0.457 e. The van der Waals surface area contributed by atoms with Gasteiger partial charge in [0.2, 0.25) is 0 Å². The molecule has 4 N–H and O–H groups in total. The fourth-order valence-electron chi connectivity index (χ4n) is 9.71. The van der Waals surface area contributed by atoms with Crippen molar-refractivity contribution in [1.29, 1.82) is 0 Å². The number of unbranched alkanes of at least 4 members (excludes halogenated alkanes) is 38. The maximum atomic E-state index is 13.0. The van der Waals surface area contributed by atoms with Crippen LogP contribution in [0.5, 0.6) is 0 Å². The standard InChI is InChI=1S/C60H114O12S/c1-3-5-7-9-11-13-15-17-19-21-23-25-27-28-30-32-34-36-38-40-42-44-46-48-50-68-52-54(53-69-60-58(64)59(72-73(65,66)67)57(63)55(51-61)71-60)70-56(62)49-47-45-43-41-39-37-35-33-31-29-26-24-22-20-18-16-14-12-10-8-6-4-2/h15,17,21,23,54-55,57-61,63-64H,3-14,16,18-20,22,24-53H2,1-2H3,(H,65,66,67)/b17-15-,23-21-. The molecule has 1 rings (SSSR count). The van der Waals surface area contributed by atoms with Gasteiger partial charge < -0.3 is 34.3 Å². The highest BCUT2D eigenvalue weighted by atomic mass is 32.3. The van der Waals surface area contributed by atoms with Crippen LogP contribution in [0, 0.1) is 0 Å².